The van der Waals surface area contributed by atoms with Crippen LogP contribution < -0.4 is 0 Å². The molecule has 0 amide bonds. The molecule has 0 N–H and O–H groups in total. The predicted octanol–water partition coefficient (Wildman–Crippen LogP) is 2.82. The largest absolute Gasteiger partial charge is 0.473 e. The number of carbonyl (C=O) groups excluding carboxylic acids is 1. The summed E-state index contributed by atoms with van der Waals surface area (Å²) in [5.41, 5.74) is 0.687. The average molecular weight is 285 g/mol. The van der Waals surface area contributed by atoms with Crippen LogP contribution in [-0.2, 0) is 14.3 Å². The quantitative estimate of drug-likeness (QED) is 0.575. The number of thioether (sulfide) groups is 1. The SMILES string of the molecule is CCSC/C(C)=C/[C@H]1OC=N[C@@H]1C(=O)OC(C)(C)C. The maximum absolute atomic E-state index is 12.0. The van der Waals surface area contributed by atoms with E-state index in [1.54, 1.807) is 0 Å². The van der Waals surface area contributed by atoms with Crippen LogP contribution in [0.25, 0.3) is 0 Å². The fourth-order valence-corrected chi connectivity index (χ4v) is 2.23. The van der Waals surface area contributed by atoms with Gasteiger partial charge in [-0.1, -0.05) is 12.5 Å². The third-order valence-corrected chi connectivity index (χ3v) is 3.45. The molecule has 2 atom stereocenters. The van der Waals surface area contributed by atoms with E-state index in [0.29, 0.717) is 0 Å². The summed E-state index contributed by atoms with van der Waals surface area (Å²) in [6.07, 6.45) is 2.97. The Hall–Kier alpha value is -0.970. The fourth-order valence-electron chi connectivity index (χ4n) is 1.61. The van der Waals surface area contributed by atoms with Crippen LogP contribution in [0.3, 0.4) is 0 Å². The molecule has 0 spiro atoms. The lowest BCUT2D eigenvalue weighted by molar-refractivity contribution is -0.157. The summed E-state index contributed by atoms with van der Waals surface area (Å²) in [6, 6.07) is -0.583. The minimum absolute atomic E-state index is 0.335. The van der Waals surface area contributed by atoms with Gasteiger partial charge in [-0.05, 0) is 39.5 Å². The molecule has 0 saturated heterocycles. The summed E-state index contributed by atoms with van der Waals surface area (Å²) in [4.78, 5) is 16.1. The van der Waals surface area contributed by atoms with Gasteiger partial charge in [-0.2, -0.15) is 11.8 Å². The Morgan fingerprint density at radius 2 is 2.21 bits per heavy atom. The standard InChI is InChI=1S/C14H23NO3S/c1-6-19-8-10(2)7-11-12(15-9-17-11)13(16)18-14(3,4)5/h7,9,11-12H,6,8H2,1-5H3/b10-7+/t11-,12+/m1/s1. The van der Waals surface area contributed by atoms with E-state index in [2.05, 4.69) is 11.9 Å². The molecule has 1 heterocycles. The molecule has 0 unspecified atom stereocenters. The molecule has 4 nitrogen and oxygen atoms in total. The van der Waals surface area contributed by atoms with Gasteiger partial charge in [0, 0.05) is 5.75 Å². The highest BCUT2D eigenvalue weighted by molar-refractivity contribution is 7.99. The van der Waals surface area contributed by atoms with E-state index in [-0.39, 0.29) is 12.1 Å². The first-order chi connectivity index (χ1) is 8.83. The molecule has 0 aromatic heterocycles. The predicted molar refractivity (Wildman–Crippen MR) is 79.8 cm³/mol. The summed E-state index contributed by atoms with van der Waals surface area (Å²) in [5, 5.41) is 0. The van der Waals surface area contributed by atoms with E-state index >= 15 is 0 Å². The molecule has 1 aliphatic rings. The zero-order chi connectivity index (χ0) is 14.5. The molecular formula is C14H23NO3S. The normalized spacial score (nSPS) is 23.3. The number of nitrogens with zero attached hydrogens (tertiary/aromatic N) is 1. The Kier molecular flexibility index (Phi) is 5.91. The summed E-state index contributed by atoms with van der Waals surface area (Å²) in [5.74, 6) is 1.68. The first-order valence-electron chi connectivity index (χ1n) is 6.48. The molecule has 108 valence electrons. The molecule has 0 saturated carbocycles. The van der Waals surface area contributed by atoms with Gasteiger partial charge in [0.15, 0.2) is 18.5 Å². The Balaban J connectivity index is 2.63. The topological polar surface area (TPSA) is 47.9 Å². The molecule has 0 radical (unpaired) electrons. The summed E-state index contributed by atoms with van der Waals surface area (Å²) < 4.78 is 10.7. The second-order valence-corrected chi connectivity index (χ2v) is 6.76. The molecule has 1 rings (SSSR count). The van der Waals surface area contributed by atoms with Crippen molar-refractivity contribution in [3.63, 3.8) is 0 Å². The highest BCUT2D eigenvalue weighted by atomic mass is 32.2. The molecule has 0 bridgehead atoms. The van der Waals surface area contributed by atoms with E-state index in [1.807, 2.05) is 45.5 Å². The second kappa shape index (κ2) is 6.98. The minimum Gasteiger partial charge on any atom is -0.473 e. The number of carbonyl (C=O) groups is 1. The van der Waals surface area contributed by atoms with Crippen molar-refractivity contribution < 1.29 is 14.3 Å². The highest BCUT2D eigenvalue weighted by Crippen LogP contribution is 2.19. The van der Waals surface area contributed by atoms with Crippen molar-refractivity contribution in [1.82, 2.24) is 0 Å². The third kappa shape index (κ3) is 5.68. The van der Waals surface area contributed by atoms with Crippen molar-refractivity contribution >= 4 is 24.1 Å². The number of rotatable bonds is 5. The van der Waals surface area contributed by atoms with Crippen molar-refractivity contribution in [3.8, 4) is 0 Å². The zero-order valence-corrected chi connectivity index (χ0v) is 13.1. The van der Waals surface area contributed by atoms with Crippen LogP contribution in [-0.4, -0.2) is 41.6 Å². The van der Waals surface area contributed by atoms with E-state index in [4.69, 9.17) is 9.47 Å². The molecule has 0 aliphatic carbocycles. The molecular weight excluding hydrogens is 262 g/mol. The Morgan fingerprint density at radius 1 is 1.53 bits per heavy atom. The average Bonchev–Trinajstić information content (AvgIpc) is 2.72. The summed E-state index contributed by atoms with van der Waals surface area (Å²) in [6.45, 7) is 9.70. The van der Waals surface area contributed by atoms with Crippen molar-refractivity contribution in [1.29, 1.82) is 0 Å². The summed E-state index contributed by atoms with van der Waals surface area (Å²) in [7, 11) is 0. The minimum atomic E-state index is -0.583. The van der Waals surface area contributed by atoms with Gasteiger partial charge in [-0.15, -0.1) is 0 Å². The summed E-state index contributed by atoms with van der Waals surface area (Å²) >= 11 is 1.84. The van der Waals surface area contributed by atoms with Crippen LogP contribution >= 0.6 is 11.8 Å². The monoisotopic (exact) mass is 285 g/mol. The highest BCUT2D eigenvalue weighted by Gasteiger charge is 2.34. The fraction of sp³-hybridized carbons (Fsp3) is 0.714. The molecule has 0 aromatic rings. The van der Waals surface area contributed by atoms with Gasteiger partial charge in [0.25, 0.3) is 0 Å². The molecule has 0 aromatic carbocycles. The van der Waals surface area contributed by atoms with E-state index in [0.717, 1.165) is 11.5 Å². The lowest BCUT2D eigenvalue weighted by Crippen LogP contribution is -2.36. The molecule has 19 heavy (non-hydrogen) atoms. The number of aliphatic imine (C=N–C) groups is 1. The van der Waals surface area contributed by atoms with Crippen LogP contribution in [0.1, 0.15) is 34.6 Å². The number of hydrogen-bond donors (Lipinski definition) is 0. The van der Waals surface area contributed by atoms with E-state index < -0.39 is 11.6 Å². The van der Waals surface area contributed by atoms with E-state index in [9.17, 15) is 4.79 Å². The first kappa shape index (κ1) is 16.1. The zero-order valence-electron chi connectivity index (χ0n) is 12.3. The van der Waals surface area contributed by atoms with Crippen LogP contribution in [0.4, 0.5) is 0 Å². The van der Waals surface area contributed by atoms with Crippen molar-refractivity contribution in [2.75, 3.05) is 11.5 Å². The Morgan fingerprint density at radius 3 is 2.79 bits per heavy atom. The molecule has 1 aliphatic heterocycles. The van der Waals surface area contributed by atoms with Crippen LogP contribution in [0.2, 0.25) is 0 Å². The maximum Gasteiger partial charge on any atom is 0.335 e. The van der Waals surface area contributed by atoms with Crippen molar-refractivity contribution in [2.45, 2.75) is 52.4 Å². The number of esters is 1. The number of ether oxygens (including phenoxy) is 2. The number of hydrogen-bond acceptors (Lipinski definition) is 5. The van der Waals surface area contributed by atoms with Crippen molar-refractivity contribution in [3.05, 3.63) is 11.6 Å². The van der Waals surface area contributed by atoms with Gasteiger partial charge < -0.3 is 9.47 Å². The third-order valence-electron chi connectivity index (χ3n) is 2.38. The van der Waals surface area contributed by atoms with Gasteiger partial charge in [-0.3, -0.25) is 0 Å². The first-order valence-corrected chi connectivity index (χ1v) is 7.64. The smallest absolute Gasteiger partial charge is 0.335 e. The van der Waals surface area contributed by atoms with Gasteiger partial charge in [-0.25, -0.2) is 9.79 Å². The van der Waals surface area contributed by atoms with Gasteiger partial charge in [0.1, 0.15) is 5.60 Å². The Bertz CT molecular complexity index is 371. The van der Waals surface area contributed by atoms with Crippen LogP contribution in [0, 0.1) is 0 Å². The Labute approximate surface area is 119 Å². The lowest BCUT2D eigenvalue weighted by atomic mass is 10.1. The lowest BCUT2D eigenvalue weighted by Gasteiger charge is -2.22. The second-order valence-electron chi connectivity index (χ2n) is 5.48. The van der Waals surface area contributed by atoms with Crippen molar-refractivity contribution in [2.24, 2.45) is 4.99 Å². The molecule has 5 heteroatoms. The van der Waals surface area contributed by atoms with Gasteiger partial charge >= 0.3 is 5.97 Å². The van der Waals surface area contributed by atoms with Gasteiger partial charge in [0.05, 0.1) is 0 Å². The van der Waals surface area contributed by atoms with Crippen LogP contribution in [0.5, 0.6) is 0 Å². The molecule has 0 fully saturated rings. The van der Waals surface area contributed by atoms with Gasteiger partial charge in [0.2, 0.25) is 0 Å². The maximum atomic E-state index is 12.0. The van der Waals surface area contributed by atoms with E-state index in [1.165, 1.54) is 12.0 Å². The van der Waals surface area contributed by atoms with Crippen LogP contribution in [0.15, 0.2) is 16.6 Å².